The summed E-state index contributed by atoms with van der Waals surface area (Å²) >= 11 is 0. The van der Waals surface area contributed by atoms with E-state index in [9.17, 15) is 0 Å². The van der Waals surface area contributed by atoms with Crippen molar-refractivity contribution in [2.24, 2.45) is 5.84 Å². The van der Waals surface area contributed by atoms with Gasteiger partial charge >= 0.3 is 0 Å². The first-order valence-corrected chi connectivity index (χ1v) is 8.52. The fraction of sp³-hybridized carbons (Fsp3) is 0.263. The Morgan fingerprint density at radius 1 is 1.16 bits per heavy atom. The van der Waals surface area contributed by atoms with Crippen molar-refractivity contribution < 1.29 is 4.74 Å². The number of hydrogen-bond acceptors (Lipinski definition) is 6. The number of nitrogen functional groups attached to an aromatic ring is 1. The Balaban J connectivity index is 1.51. The van der Waals surface area contributed by atoms with Gasteiger partial charge in [-0.25, -0.2) is 10.8 Å². The van der Waals surface area contributed by atoms with Crippen LogP contribution in [0.4, 0.5) is 11.8 Å². The van der Waals surface area contributed by atoms with Crippen molar-refractivity contribution in [2.75, 3.05) is 23.5 Å². The summed E-state index contributed by atoms with van der Waals surface area (Å²) in [6, 6.07) is 16.7. The van der Waals surface area contributed by atoms with Gasteiger partial charge in [-0.05, 0) is 30.4 Å². The number of benzene rings is 2. The zero-order valence-electron chi connectivity index (χ0n) is 13.9. The van der Waals surface area contributed by atoms with E-state index in [2.05, 4.69) is 38.5 Å². The van der Waals surface area contributed by atoms with Gasteiger partial charge in [0.2, 0.25) is 5.95 Å². The Hall–Kier alpha value is -2.86. The van der Waals surface area contributed by atoms with E-state index >= 15 is 0 Å². The Bertz CT molecular complexity index is 864. The van der Waals surface area contributed by atoms with Crippen molar-refractivity contribution in [2.45, 2.75) is 18.9 Å². The van der Waals surface area contributed by atoms with Gasteiger partial charge < -0.3 is 9.64 Å². The van der Waals surface area contributed by atoms with Gasteiger partial charge in [0.1, 0.15) is 18.2 Å². The Kier molecular flexibility index (Phi) is 4.35. The predicted octanol–water partition coefficient (Wildman–Crippen LogP) is 2.96. The van der Waals surface area contributed by atoms with Gasteiger partial charge in [-0.1, -0.05) is 36.4 Å². The average molecular weight is 335 g/mol. The number of anilines is 2. The number of ether oxygens (including phenoxy) is 1. The minimum atomic E-state index is 0.291. The SMILES string of the molecule is NNc1nccc(N2CCC[C@@H]2COc2cccc3ccccc23)n1. The fourth-order valence-corrected chi connectivity index (χ4v) is 3.40. The zero-order chi connectivity index (χ0) is 17.1. The predicted molar refractivity (Wildman–Crippen MR) is 99.7 cm³/mol. The summed E-state index contributed by atoms with van der Waals surface area (Å²) in [5, 5.41) is 2.34. The standard InChI is InChI=1S/C19H21N5O/c20-23-19-21-11-10-18(22-19)24-12-4-7-15(24)13-25-17-9-3-6-14-5-1-2-8-16(14)17/h1-3,5-6,8-11,15H,4,7,12-13,20H2,(H,21,22,23)/t15-/m1/s1. The fourth-order valence-electron chi connectivity index (χ4n) is 3.40. The van der Waals surface area contributed by atoms with Crippen LogP contribution in [-0.2, 0) is 0 Å². The van der Waals surface area contributed by atoms with E-state index < -0.39 is 0 Å². The van der Waals surface area contributed by atoms with Gasteiger partial charge in [0.25, 0.3) is 0 Å². The van der Waals surface area contributed by atoms with E-state index in [0.717, 1.165) is 36.3 Å². The normalized spacial score (nSPS) is 17.0. The van der Waals surface area contributed by atoms with Crippen LogP contribution in [0.2, 0.25) is 0 Å². The van der Waals surface area contributed by atoms with E-state index in [1.54, 1.807) is 6.20 Å². The number of aromatic nitrogens is 2. The van der Waals surface area contributed by atoms with Crippen molar-refractivity contribution in [1.29, 1.82) is 0 Å². The maximum atomic E-state index is 6.19. The average Bonchev–Trinajstić information content (AvgIpc) is 3.15. The second-order valence-corrected chi connectivity index (χ2v) is 6.16. The van der Waals surface area contributed by atoms with Crippen LogP contribution >= 0.6 is 0 Å². The van der Waals surface area contributed by atoms with Gasteiger partial charge in [0.05, 0.1) is 6.04 Å². The Morgan fingerprint density at radius 2 is 2.04 bits per heavy atom. The van der Waals surface area contributed by atoms with E-state index in [1.807, 2.05) is 30.3 Å². The second kappa shape index (κ2) is 6.94. The molecule has 3 aromatic rings. The van der Waals surface area contributed by atoms with Crippen LogP contribution in [0.5, 0.6) is 5.75 Å². The summed E-state index contributed by atoms with van der Waals surface area (Å²) in [7, 11) is 0. The highest BCUT2D eigenvalue weighted by Crippen LogP contribution is 2.28. The summed E-state index contributed by atoms with van der Waals surface area (Å²) in [4.78, 5) is 10.8. The molecule has 0 saturated carbocycles. The summed E-state index contributed by atoms with van der Waals surface area (Å²) in [5.74, 6) is 7.66. The molecule has 1 fully saturated rings. The molecule has 0 aliphatic carbocycles. The van der Waals surface area contributed by atoms with Gasteiger partial charge in [0, 0.05) is 18.1 Å². The third-order valence-corrected chi connectivity index (χ3v) is 4.62. The monoisotopic (exact) mass is 335 g/mol. The molecule has 0 spiro atoms. The lowest BCUT2D eigenvalue weighted by Gasteiger charge is -2.26. The molecule has 0 amide bonds. The van der Waals surface area contributed by atoms with Crippen LogP contribution in [0.3, 0.4) is 0 Å². The Morgan fingerprint density at radius 3 is 2.96 bits per heavy atom. The summed E-state index contributed by atoms with van der Waals surface area (Å²) in [5.41, 5.74) is 2.50. The molecule has 2 aromatic carbocycles. The van der Waals surface area contributed by atoms with E-state index in [0.29, 0.717) is 18.6 Å². The lowest BCUT2D eigenvalue weighted by atomic mass is 10.1. The second-order valence-electron chi connectivity index (χ2n) is 6.16. The Labute approximate surface area is 146 Å². The largest absolute Gasteiger partial charge is 0.491 e. The number of hydrogen-bond donors (Lipinski definition) is 2. The highest BCUT2D eigenvalue weighted by molar-refractivity contribution is 5.88. The first-order chi connectivity index (χ1) is 12.3. The number of nitrogens with one attached hydrogen (secondary N) is 1. The topological polar surface area (TPSA) is 76.3 Å². The molecule has 2 heterocycles. The molecule has 128 valence electrons. The number of nitrogens with two attached hydrogens (primary N) is 1. The molecule has 1 aromatic heterocycles. The molecule has 1 aliphatic rings. The molecule has 1 atom stereocenters. The van der Waals surface area contributed by atoms with Gasteiger partial charge in [-0.2, -0.15) is 4.98 Å². The van der Waals surface area contributed by atoms with Gasteiger partial charge in [-0.3, -0.25) is 5.43 Å². The molecule has 6 heteroatoms. The highest BCUT2D eigenvalue weighted by atomic mass is 16.5. The molecule has 0 radical (unpaired) electrons. The first kappa shape index (κ1) is 15.7. The third kappa shape index (κ3) is 3.21. The van der Waals surface area contributed by atoms with Crippen LogP contribution < -0.4 is 20.9 Å². The molecule has 4 rings (SSSR count). The van der Waals surface area contributed by atoms with Crippen molar-refractivity contribution in [3.63, 3.8) is 0 Å². The molecular weight excluding hydrogens is 314 g/mol. The van der Waals surface area contributed by atoms with Crippen molar-refractivity contribution in [1.82, 2.24) is 9.97 Å². The minimum Gasteiger partial charge on any atom is -0.491 e. The van der Waals surface area contributed by atoms with E-state index in [1.165, 1.54) is 5.39 Å². The van der Waals surface area contributed by atoms with Gasteiger partial charge in [0.15, 0.2) is 0 Å². The zero-order valence-corrected chi connectivity index (χ0v) is 13.9. The molecule has 0 unspecified atom stereocenters. The lowest BCUT2D eigenvalue weighted by molar-refractivity contribution is 0.291. The highest BCUT2D eigenvalue weighted by Gasteiger charge is 2.26. The number of hydrazine groups is 1. The lowest BCUT2D eigenvalue weighted by Crippen LogP contribution is -2.35. The van der Waals surface area contributed by atoms with Crippen molar-refractivity contribution in [3.8, 4) is 5.75 Å². The number of fused-ring (bicyclic) bond motifs is 1. The molecule has 6 nitrogen and oxygen atoms in total. The maximum Gasteiger partial charge on any atom is 0.239 e. The van der Waals surface area contributed by atoms with E-state index in [4.69, 9.17) is 10.6 Å². The third-order valence-electron chi connectivity index (χ3n) is 4.62. The smallest absolute Gasteiger partial charge is 0.239 e. The van der Waals surface area contributed by atoms with Crippen LogP contribution in [0, 0.1) is 0 Å². The molecular formula is C19H21N5O. The maximum absolute atomic E-state index is 6.19. The quantitative estimate of drug-likeness (QED) is 0.551. The summed E-state index contributed by atoms with van der Waals surface area (Å²) in [6.07, 6.45) is 3.93. The van der Waals surface area contributed by atoms with Crippen molar-refractivity contribution in [3.05, 3.63) is 54.7 Å². The molecule has 25 heavy (non-hydrogen) atoms. The summed E-state index contributed by atoms with van der Waals surface area (Å²) in [6.45, 7) is 1.59. The molecule has 0 bridgehead atoms. The van der Waals surface area contributed by atoms with E-state index in [-0.39, 0.29) is 0 Å². The minimum absolute atomic E-state index is 0.291. The van der Waals surface area contributed by atoms with Crippen LogP contribution in [0.1, 0.15) is 12.8 Å². The van der Waals surface area contributed by atoms with Gasteiger partial charge in [-0.15, -0.1) is 0 Å². The first-order valence-electron chi connectivity index (χ1n) is 8.52. The summed E-state index contributed by atoms with van der Waals surface area (Å²) < 4.78 is 6.19. The van der Waals surface area contributed by atoms with Crippen molar-refractivity contribution >= 4 is 22.5 Å². The molecule has 1 aliphatic heterocycles. The van der Waals surface area contributed by atoms with Crippen LogP contribution in [-0.4, -0.2) is 29.2 Å². The number of nitrogens with zero attached hydrogens (tertiary/aromatic N) is 3. The number of rotatable bonds is 5. The molecule has 3 N–H and O–H groups in total. The van der Waals surface area contributed by atoms with Crippen LogP contribution in [0.25, 0.3) is 10.8 Å². The molecule has 1 saturated heterocycles. The van der Waals surface area contributed by atoms with Crippen LogP contribution in [0.15, 0.2) is 54.7 Å².